The van der Waals surface area contributed by atoms with Gasteiger partial charge in [0.25, 0.3) is 5.91 Å². The van der Waals surface area contributed by atoms with Crippen molar-refractivity contribution in [2.45, 2.75) is 66.3 Å². The summed E-state index contributed by atoms with van der Waals surface area (Å²) in [6.07, 6.45) is 7.99. The molecule has 7 heteroatoms. The predicted molar refractivity (Wildman–Crippen MR) is 163 cm³/mol. The van der Waals surface area contributed by atoms with Crippen LogP contribution in [-0.2, 0) is 13.6 Å². The Morgan fingerprint density at radius 2 is 1.90 bits per heavy atom. The van der Waals surface area contributed by atoms with Gasteiger partial charge in [-0.25, -0.2) is 0 Å². The number of anilines is 3. The molecule has 1 amide bonds. The molecule has 3 heterocycles. The summed E-state index contributed by atoms with van der Waals surface area (Å²) in [5.74, 6) is 2.55. The molecule has 2 aromatic carbocycles. The van der Waals surface area contributed by atoms with Crippen LogP contribution in [0.4, 0.5) is 17.2 Å². The zero-order valence-electron chi connectivity index (χ0n) is 24.9. The van der Waals surface area contributed by atoms with Crippen LogP contribution in [0.2, 0.25) is 0 Å². The van der Waals surface area contributed by atoms with E-state index in [0.29, 0.717) is 24.1 Å². The van der Waals surface area contributed by atoms with Crippen molar-refractivity contribution in [3.63, 3.8) is 0 Å². The highest BCUT2D eigenvalue weighted by Gasteiger charge is 2.27. The van der Waals surface area contributed by atoms with E-state index < -0.39 is 0 Å². The van der Waals surface area contributed by atoms with Gasteiger partial charge >= 0.3 is 0 Å². The lowest BCUT2D eigenvalue weighted by atomic mass is 9.89. The van der Waals surface area contributed by atoms with E-state index in [1.807, 2.05) is 72.2 Å². The molecular formula is C33H45N5O2. The van der Waals surface area contributed by atoms with E-state index >= 15 is 0 Å². The molecule has 0 bridgehead atoms. The summed E-state index contributed by atoms with van der Waals surface area (Å²) >= 11 is 0. The van der Waals surface area contributed by atoms with Crippen molar-refractivity contribution >= 4 is 23.1 Å². The summed E-state index contributed by atoms with van der Waals surface area (Å²) in [7, 11) is 1.91. The minimum atomic E-state index is -0.0329. The number of piperidine rings is 1. The first kappa shape index (κ1) is 28.2. The fourth-order valence-electron chi connectivity index (χ4n) is 5.79. The number of nitrogens with one attached hydrogen (secondary N) is 1. The molecule has 1 aromatic heterocycles. The molecule has 2 aliphatic heterocycles. The molecule has 5 rings (SSSR count). The quantitative estimate of drug-likeness (QED) is 0.312. The van der Waals surface area contributed by atoms with E-state index in [1.165, 1.54) is 45.3 Å². The molecule has 7 nitrogen and oxygen atoms in total. The van der Waals surface area contributed by atoms with Gasteiger partial charge in [-0.05, 0) is 106 Å². The molecule has 1 N–H and O–H groups in total. The van der Waals surface area contributed by atoms with E-state index in [-0.39, 0.29) is 5.91 Å². The summed E-state index contributed by atoms with van der Waals surface area (Å²) in [6, 6.07) is 13.7. The first-order valence-electron chi connectivity index (χ1n) is 14.8. The van der Waals surface area contributed by atoms with Gasteiger partial charge in [0, 0.05) is 18.2 Å². The van der Waals surface area contributed by atoms with Gasteiger partial charge in [0.1, 0.15) is 11.6 Å². The van der Waals surface area contributed by atoms with Crippen molar-refractivity contribution < 1.29 is 9.53 Å². The molecule has 3 aromatic rings. The standard InChI is InChI=1S/C33H45N5O2/c1-24-21-26(32(39)38-23-27-22-34-36(5)31(27)35-28-10-6-7-11-29(28)38)12-13-30(24)40-20-8-9-25-14-17-37(18-15-25)19-16-33(2,3)4/h6-7,10-13,21-22,25,35H,8-9,14-20,23H2,1-5H3. The number of aromatic nitrogens is 2. The number of likely N-dealkylation sites (tertiary alicyclic amines) is 1. The summed E-state index contributed by atoms with van der Waals surface area (Å²) in [5.41, 5.74) is 4.80. The zero-order valence-corrected chi connectivity index (χ0v) is 24.9. The van der Waals surface area contributed by atoms with Crippen LogP contribution in [-0.4, -0.2) is 46.8 Å². The largest absolute Gasteiger partial charge is 0.493 e. The molecular weight excluding hydrogens is 498 g/mol. The minimum Gasteiger partial charge on any atom is -0.493 e. The first-order chi connectivity index (χ1) is 19.2. The number of fused-ring (bicyclic) bond motifs is 2. The number of carbonyl (C=O) groups excluding carboxylic acids is 1. The van der Waals surface area contributed by atoms with Crippen LogP contribution in [0.5, 0.6) is 5.75 Å². The smallest absolute Gasteiger partial charge is 0.258 e. The second kappa shape index (κ2) is 12.0. The first-order valence-corrected chi connectivity index (χ1v) is 14.8. The number of rotatable bonds is 8. The Labute approximate surface area is 239 Å². The molecule has 0 aliphatic carbocycles. The SMILES string of the molecule is Cc1cc(C(=O)N2Cc3cnn(C)c3Nc3ccccc32)ccc1OCCCC1CCN(CCC(C)(C)C)CC1. The van der Waals surface area contributed by atoms with Gasteiger partial charge in [-0.3, -0.25) is 9.48 Å². The number of para-hydroxylation sites is 2. The van der Waals surface area contributed by atoms with Crippen molar-refractivity contribution in [2.75, 3.05) is 36.5 Å². The molecule has 1 fully saturated rings. The van der Waals surface area contributed by atoms with Crippen LogP contribution in [0.1, 0.15) is 74.4 Å². The average molecular weight is 544 g/mol. The Bertz CT molecular complexity index is 1320. The molecule has 0 unspecified atom stereocenters. The second-order valence-electron chi connectivity index (χ2n) is 12.7. The van der Waals surface area contributed by atoms with E-state index in [2.05, 4.69) is 36.1 Å². The van der Waals surface area contributed by atoms with Gasteiger partial charge in [-0.1, -0.05) is 32.9 Å². The summed E-state index contributed by atoms with van der Waals surface area (Å²) < 4.78 is 7.99. The number of hydrogen-bond donors (Lipinski definition) is 1. The lowest BCUT2D eigenvalue weighted by Crippen LogP contribution is -2.35. The summed E-state index contributed by atoms with van der Waals surface area (Å²) in [5, 5.41) is 7.84. The zero-order chi connectivity index (χ0) is 28.3. The van der Waals surface area contributed by atoms with Gasteiger partial charge in [0.15, 0.2) is 0 Å². The van der Waals surface area contributed by atoms with Gasteiger partial charge in [-0.15, -0.1) is 0 Å². The number of ether oxygens (including phenoxy) is 1. The van der Waals surface area contributed by atoms with Gasteiger partial charge in [-0.2, -0.15) is 5.10 Å². The topological polar surface area (TPSA) is 62.6 Å². The highest BCUT2D eigenvalue weighted by Crippen LogP contribution is 2.36. The maximum Gasteiger partial charge on any atom is 0.258 e. The van der Waals surface area contributed by atoms with Crippen LogP contribution in [0.3, 0.4) is 0 Å². The molecule has 1 saturated heterocycles. The van der Waals surface area contributed by atoms with Crippen LogP contribution >= 0.6 is 0 Å². The summed E-state index contributed by atoms with van der Waals surface area (Å²) in [4.78, 5) is 18.2. The van der Waals surface area contributed by atoms with E-state index in [1.54, 1.807) is 0 Å². The van der Waals surface area contributed by atoms with Crippen LogP contribution in [0, 0.1) is 18.3 Å². The van der Waals surface area contributed by atoms with Gasteiger partial charge in [0.2, 0.25) is 0 Å². The monoisotopic (exact) mass is 543 g/mol. The Morgan fingerprint density at radius 3 is 2.65 bits per heavy atom. The maximum atomic E-state index is 13.8. The molecule has 2 aliphatic rings. The third kappa shape index (κ3) is 6.69. The normalized spacial score (nSPS) is 16.2. The Kier molecular flexibility index (Phi) is 8.50. The number of hydrogen-bond acceptors (Lipinski definition) is 5. The molecule has 0 spiro atoms. The van der Waals surface area contributed by atoms with E-state index in [4.69, 9.17) is 4.74 Å². The van der Waals surface area contributed by atoms with E-state index in [9.17, 15) is 4.79 Å². The van der Waals surface area contributed by atoms with Crippen LogP contribution in [0.15, 0.2) is 48.7 Å². The van der Waals surface area contributed by atoms with E-state index in [0.717, 1.165) is 46.4 Å². The Hall–Kier alpha value is -3.32. The molecule has 40 heavy (non-hydrogen) atoms. The van der Waals surface area contributed by atoms with Crippen molar-refractivity contribution in [1.29, 1.82) is 0 Å². The molecule has 0 radical (unpaired) electrons. The maximum absolute atomic E-state index is 13.8. The Morgan fingerprint density at radius 1 is 1.12 bits per heavy atom. The number of benzene rings is 2. The van der Waals surface area contributed by atoms with Crippen molar-refractivity contribution in [1.82, 2.24) is 14.7 Å². The van der Waals surface area contributed by atoms with Gasteiger partial charge in [0.05, 0.1) is 30.7 Å². The predicted octanol–water partition coefficient (Wildman–Crippen LogP) is 6.94. The lowest BCUT2D eigenvalue weighted by molar-refractivity contribution is 0.0985. The van der Waals surface area contributed by atoms with Crippen LogP contribution < -0.4 is 15.0 Å². The average Bonchev–Trinajstić information content (AvgIpc) is 3.18. The number of carbonyl (C=O) groups is 1. The fraction of sp³-hybridized carbons (Fsp3) is 0.515. The molecule has 0 saturated carbocycles. The third-order valence-electron chi connectivity index (χ3n) is 8.36. The number of nitrogens with zero attached hydrogens (tertiary/aromatic N) is 4. The molecule has 214 valence electrons. The second-order valence-corrected chi connectivity index (χ2v) is 12.7. The fourth-order valence-corrected chi connectivity index (χ4v) is 5.79. The number of amides is 1. The summed E-state index contributed by atoms with van der Waals surface area (Å²) in [6.45, 7) is 13.9. The Balaban J connectivity index is 1.14. The lowest BCUT2D eigenvalue weighted by Gasteiger charge is -2.33. The molecule has 0 atom stereocenters. The minimum absolute atomic E-state index is 0.0329. The highest BCUT2D eigenvalue weighted by molar-refractivity contribution is 6.08. The van der Waals surface area contributed by atoms with Crippen LogP contribution in [0.25, 0.3) is 0 Å². The van der Waals surface area contributed by atoms with Crippen molar-refractivity contribution in [3.05, 3.63) is 65.4 Å². The van der Waals surface area contributed by atoms with Crippen molar-refractivity contribution in [3.8, 4) is 5.75 Å². The van der Waals surface area contributed by atoms with Gasteiger partial charge < -0.3 is 19.9 Å². The number of aryl methyl sites for hydroxylation is 2. The third-order valence-corrected chi connectivity index (χ3v) is 8.36. The van der Waals surface area contributed by atoms with Crippen molar-refractivity contribution in [2.24, 2.45) is 18.4 Å². The highest BCUT2D eigenvalue weighted by atomic mass is 16.5.